The van der Waals surface area contributed by atoms with Crippen molar-refractivity contribution in [3.63, 3.8) is 0 Å². The quantitative estimate of drug-likeness (QED) is 0.467. The Balaban J connectivity index is 3.53. The third-order valence-electron chi connectivity index (χ3n) is 2.14. The van der Waals surface area contributed by atoms with Gasteiger partial charge in [-0.15, -0.1) is 0 Å². The summed E-state index contributed by atoms with van der Waals surface area (Å²) in [5.74, 6) is -2.04. The van der Waals surface area contributed by atoms with Crippen molar-refractivity contribution in [2.45, 2.75) is 13.5 Å². The van der Waals surface area contributed by atoms with Crippen LogP contribution in [0.1, 0.15) is 22.8 Å². The lowest BCUT2D eigenvalue weighted by molar-refractivity contribution is -0.386. The fourth-order valence-corrected chi connectivity index (χ4v) is 1.42. The minimum absolute atomic E-state index is 0.0548. The Kier molecular flexibility index (Phi) is 4.91. The number of nitro benzene ring substituents is 1. The summed E-state index contributed by atoms with van der Waals surface area (Å²) in [6, 6.07) is 3.39. The number of halogens is 2. The number of hydrogen-bond donors (Lipinski definition) is 0. The van der Waals surface area contributed by atoms with Crippen LogP contribution in [0, 0.1) is 21.4 Å². The molecule has 0 saturated carbocycles. The average molecular weight is 286 g/mol. The van der Waals surface area contributed by atoms with Crippen molar-refractivity contribution in [1.29, 1.82) is 5.26 Å². The number of rotatable bonds is 5. The molecular formula is C11H8F2N2O5. The Morgan fingerprint density at radius 1 is 1.55 bits per heavy atom. The zero-order valence-electron chi connectivity index (χ0n) is 10.1. The predicted molar refractivity (Wildman–Crippen MR) is 60.4 cm³/mol. The first kappa shape index (κ1) is 15.3. The smallest absolute Gasteiger partial charge is 0.387 e. The predicted octanol–water partition coefficient (Wildman–Crippen LogP) is 2.24. The summed E-state index contributed by atoms with van der Waals surface area (Å²) >= 11 is 0. The summed E-state index contributed by atoms with van der Waals surface area (Å²) in [4.78, 5) is 21.4. The standard InChI is InChI=1S/C11H8F2N2O5/c1-2-19-10(16)7-4-3-6(5-14)8(15(17)18)9(7)20-11(12)13/h3-4,11H,2H2,1H3. The monoisotopic (exact) mass is 286 g/mol. The van der Waals surface area contributed by atoms with E-state index in [1.807, 2.05) is 0 Å². The van der Waals surface area contributed by atoms with Gasteiger partial charge in [0.1, 0.15) is 17.2 Å². The highest BCUT2D eigenvalue weighted by Gasteiger charge is 2.30. The molecule has 20 heavy (non-hydrogen) atoms. The van der Waals surface area contributed by atoms with Gasteiger partial charge in [-0.2, -0.15) is 14.0 Å². The molecule has 0 N–H and O–H groups in total. The Hall–Kier alpha value is -2.76. The lowest BCUT2D eigenvalue weighted by Crippen LogP contribution is -2.13. The van der Waals surface area contributed by atoms with Crippen molar-refractivity contribution in [3.05, 3.63) is 33.4 Å². The van der Waals surface area contributed by atoms with Crippen LogP contribution in [0.15, 0.2) is 12.1 Å². The van der Waals surface area contributed by atoms with E-state index in [4.69, 9.17) is 5.26 Å². The molecule has 0 aliphatic carbocycles. The third kappa shape index (κ3) is 3.17. The summed E-state index contributed by atoms with van der Waals surface area (Å²) in [6.07, 6.45) is 0. The van der Waals surface area contributed by atoms with Crippen LogP contribution in [-0.4, -0.2) is 24.1 Å². The molecule has 0 aliphatic rings. The number of benzene rings is 1. The van der Waals surface area contributed by atoms with Crippen LogP contribution in [0.2, 0.25) is 0 Å². The van der Waals surface area contributed by atoms with E-state index in [1.54, 1.807) is 0 Å². The number of nitriles is 1. The highest BCUT2D eigenvalue weighted by atomic mass is 19.3. The molecule has 9 heteroatoms. The Bertz CT molecular complexity index is 583. The molecule has 0 radical (unpaired) electrons. The summed E-state index contributed by atoms with van der Waals surface area (Å²) < 4.78 is 33.3. The summed E-state index contributed by atoms with van der Waals surface area (Å²) in [7, 11) is 0. The molecule has 0 heterocycles. The van der Waals surface area contributed by atoms with Gasteiger partial charge in [-0.25, -0.2) is 4.79 Å². The normalized spacial score (nSPS) is 9.95. The number of nitrogens with zero attached hydrogens (tertiary/aromatic N) is 2. The van der Waals surface area contributed by atoms with Crippen LogP contribution < -0.4 is 4.74 Å². The van der Waals surface area contributed by atoms with Crippen molar-refractivity contribution in [2.75, 3.05) is 6.61 Å². The molecule has 1 aromatic carbocycles. The highest BCUT2D eigenvalue weighted by molar-refractivity contribution is 5.94. The van der Waals surface area contributed by atoms with E-state index >= 15 is 0 Å². The number of alkyl halides is 2. The molecule has 0 unspecified atom stereocenters. The van der Waals surface area contributed by atoms with Crippen molar-refractivity contribution in [3.8, 4) is 11.8 Å². The average Bonchev–Trinajstić information content (AvgIpc) is 2.37. The zero-order chi connectivity index (χ0) is 15.3. The van der Waals surface area contributed by atoms with E-state index in [0.717, 1.165) is 12.1 Å². The van der Waals surface area contributed by atoms with Crippen LogP contribution >= 0.6 is 0 Å². The van der Waals surface area contributed by atoms with Gasteiger partial charge in [0.25, 0.3) is 0 Å². The van der Waals surface area contributed by atoms with E-state index in [9.17, 15) is 23.7 Å². The SMILES string of the molecule is CCOC(=O)c1ccc(C#N)c([N+](=O)[O-])c1OC(F)F. The molecule has 0 saturated heterocycles. The number of carbonyl (C=O) groups is 1. The Morgan fingerprint density at radius 3 is 2.65 bits per heavy atom. The molecule has 0 bridgehead atoms. The summed E-state index contributed by atoms with van der Waals surface area (Å²) in [5.41, 5.74) is -2.05. The number of ether oxygens (including phenoxy) is 2. The van der Waals surface area contributed by atoms with Crippen LogP contribution in [0.4, 0.5) is 14.5 Å². The molecule has 1 rings (SSSR count). The lowest BCUT2D eigenvalue weighted by atomic mass is 10.1. The molecule has 0 amide bonds. The highest BCUT2D eigenvalue weighted by Crippen LogP contribution is 2.36. The van der Waals surface area contributed by atoms with Gasteiger partial charge in [-0.3, -0.25) is 10.1 Å². The van der Waals surface area contributed by atoms with Gasteiger partial charge in [0.2, 0.25) is 5.75 Å². The van der Waals surface area contributed by atoms with Crippen molar-refractivity contribution >= 4 is 11.7 Å². The van der Waals surface area contributed by atoms with Crippen LogP contribution in [0.3, 0.4) is 0 Å². The number of carbonyl (C=O) groups excluding carboxylic acids is 1. The number of nitro groups is 1. The van der Waals surface area contributed by atoms with Gasteiger partial charge in [-0.05, 0) is 19.1 Å². The van der Waals surface area contributed by atoms with Crippen molar-refractivity contribution < 1.29 is 28.0 Å². The molecule has 0 aromatic heterocycles. The first-order valence-corrected chi connectivity index (χ1v) is 5.25. The topological polar surface area (TPSA) is 102 Å². The molecule has 0 spiro atoms. The molecule has 0 atom stereocenters. The van der Waals surface area contributed by atoms with Crippen LogP contribution in [0.25, 0.3) is 0 Å². The zero-order valence-corrected chi connectivity index (χ0v) is 10.1. The molecule has 7 nitrogen and oxygen atoms in total. The van der Waals surface area contributed by atoms with Crippen molar-refractivity contribution in [1.82, 2.24) is 0 Å². The van der Waals surface area contributed by atoms with E-state index in [1.165, 1.54) is 13.0 Å². The second kappa shape index (κ2) is 6.42. The van der Waals surface area contributed by atoms with Gasteiger partial charge < -0.3 is 9.47 Å². The van der Waals surface area contributed by atoms with Gasteiger partial charge in [0.05, 0.1) is 11.5 Å². The third-order valence-corrected chi connectivity index (χ3v) is 2.14. The Labute approximate surface area is 111 Å². The number of esters is 1. The molecule has 0 fully saturated rings. The first-order chi connectivity index (χ1) is 9.42. The van der Waals surface area contributed by atoms with E-state index in [-0.39, 0.29) is 6.61 Å². The maximum Gasteiger partial charge on any atom is 0.387 e. The maximum atomic E-state index is 12.3. The fraction of sp³-hybridized carbons (Fsp3) is 0.273. The van der Waals surface area contributed by atoms with E-state index in [2.05, 4.69) is 9.47 Å². The second-order valence-electron chi connectivity index (χ2n) is 3.31. The van der Waals surface area contributed by atoms with Crippen LogP contribution in [-0.2, 0) is 4.74 Å². The van der Waals surface area contributed by atoms with Gasteiger partial charge in [-0.1, -0.05) is 0 Å². The first-order valence-electron chi connectivity index (χ1n) is 5.25. The van der Waals surface area contributed by atoms with Gasteiger partial charge in [0, 0.05) is 0 Å². The van der Waals surface area contributed by atoms with Gasteiger partial charge in [0.15, 0.2) is 0 Å². The summed E-state index contributed by atoms with van der Waals surface area (Å²) in [6.45, 7) is -1.97. The molecule has 1 aromatic rings. The number of hydrogen-bond acceptors (Lipinski definition) is 6. The lowest BCUT2D eigenvalue weighted by Gasteiger charge is -2.10. The fourth-order valence-electron chi connectivity index (χ4n) is 1.42. The second-order valence-corrected chi connectivity index (χ2v) is 3.31. The molecule has 106 valence electrons. The Morgan fingerprint density at radius 2 is 2.20 bits per heavy atom. The largest absolute Gasteiger partial charge is 0.462 e. The minimum Gasteiger partial charge on any atom is -0.462 e. The minimum atomic E-state index is -3.39. The van der Waals surface area contributed by atoms with E-state index in [0.29, 0.717) is 0 Å². The van der Waals surface area contributed by atoms with E-state index < -0.39 is 40.1 Å². The molecule has 0 aliphatic heterocycles. The molecular weight excluding hydrogens is 278 g/mol. The van der Waals surface area contributed by atoms with Crippen molar-refractivity contribution in [2.24, 2.45) is 0 Å². The van der Waals surface area contributed by atoms with Crippen LogP contribution in [0.5, 0.6) is 5.75 Å². The maximum absolute atomic E-state index is 12.3. The van der Waals surface area contributed by atoms with Gasteiger partial charge >= 0.3 is 18.3 Å². The summed E-state index contributed by atoms with van der Waals surface area (Å²) in [5, 5.41) is 19.6.